The number of ether oxygens (including phenoxy) is 1. The first-order chi connectivity index (χ1) is 15.1. The van der Waals surface area contributed by atoms with Crippen molar-refractivity contribution in [2.75, 3.05) is 5.32 Å². The van der Waals surface area contributed by atoms with Crippen LogP contribution in [0.1, 0.15) is 40.5 Å². The van der Waals surface area contributed by atoms with Crippen molar-refractivity contribution in [2.24, 2.45) is 7.05 Å². The third-order valence-electron chi connectivity index (χ3n) is 5.66. The molecule has 1 fully saturated rings. The number of nitrogens with one attached hydrogen (secondary N) is 2. The minimum absolute atomic E-state index is 0.0455. The average molecular weight is 435 g/mol. The Labute approximate surface area is 188 Å². The van der Waals surface area contributed by atoms with Crippen molar-refractivity contribution in [3.05, 3.63) is 43.0 Å². The molecule has 0 bridgehead atoms. The Morgan fingerprint density at radius 3 is 2.44 bits per heavy atom. The van der Waals surface area contributed by atoms with Gasteiger partial charge in [-0.3, -0.25) is 14.5 Å². The Hall–Kier alpha value is -3.26. The van der Waals surface area contributed by atoms with Crippen LogP contribution in [0.15, 0.2) is 43.0 Å². The summed E-state index contributed by atoms with van der Waals surface area (Å²) in [6.07, 6.45) is 9.10. The Morgan fingerprint density at radius 2 is 1.84 bits per heavy atom. The molecule has 2 aromatic heterocycles. The molecule has 0 atom stereocenters. The van der Waals surface area contributed by atoms with E-state index in [2.05, 4.69) is 53.4 Å². The summed E-state index contributed by atoms with van der Waals surface area (Å²) in [7, 11) is 1.86. The fourth-order valence-corrected chi connectivity index (χ4v) is 4.81. The number of anilines is 1. The minimum atomic E-state index is 0.0455. The molecule has 0 aliphatic carbocycles. The first kappa shape index (κ1) is 22.0. The SMILES string of the molecule is Cn1cc(-c2ccc(-c3cnc(NC4CC(C)(C)NC(C)(C)C4)cn3)c(OC=O)c2)cn1. The van der Waals surface area contributed by atoms with E-state index in [0.29, 0.717) is 29.5 Å². The number of hydrogen-bond donors (Lipinski definition) is 2. The number of nitrogens with zero attached hydrogens (tertiary/aromatic N) is 4. The molecule has 4 rings (SSSR count). The van der Waals surface area contributed by atoms with Crippen molar-refractivity contribution < 1.29 is 9.53 Å². The van der Waals surface area contributed by atoms with Crippen molar-refractivity contribution in [2.45, 2.75) is 57.7 Å². The Balaban J connectivity index is 1.55. The third kappa shape index (κ3) is 4.96. The van der Waals surface area contributed by atoms with Gasteiger partial charge in [0.05, 0.1) is 24.3 Å². The lowest BCUT2D eigenvalue weighted by Crippen LogP contribution is -2.60. The van der Waals surface area contributed by atoms with Gasteiger partial charge < -0.3 is 15.4 Å². The van der Waals surface area contributed by atoms with E-state index >= 15 is 0 Å². The zero-order valence-electron chi connectivity index (χ0n) is 19.2. The standard InChI is InChI=1S/C24H30N6O2/c1-23(2)9-18(10-24(3,4)29-23)28-22-13-25-20(12-26-22)19-7-6-16(8-21(19)32-15-31)17-11-27-30(5)14-17/h6-8,11-15,18,29H,9-10H2,1-5H3,(H,26,28). The van der Waals surface area contributed by atoms with Crippen molar-refractivity contribution in [3.8, 4) is 28.1 Å². The fraction of sp³-hybridized carbons (Fsp3) is 0.417. The van der Waals surface area contributed by atoms with E-state index < -0.39 is 0 Å². The van der Waals surface area contributed by atoms with E-state index in [1.807, 2.05) is 31.4 Å². The number of piperidine rings is 1. The van der Waals surface area contributed by atoms with Gasteiger partial charge in [-0.1, -0.05) is 6.07 Å². The topological polar surface area (TPSA) is 94.0 Å². The second kappa shape index (κ2) is 8.35. The van der Waals surface area contributed by atoms with Crippen LogP contribution >= 0.6 is 0 Å². The van der Waals surface area contributed by atoms with Gasteiger partial charge in [0.1, 0.15) is 11.6 Å². The second-order valence-corrected chi connectivity index (χ2v) is 9.76. The van der Waals surface area contributed by atoms with E-state index in [1.165, 1.54) is 0 Å². The number of benzene rings is 1. The molecule has 0 radical (unpaired) electrons. The van der Waals surface area contributed by atoms with Crippen LogP contribution in [0.2, 0.25) is 0 Å². The quantitative estimate of drug-likeness (QED) is 0.570. The third-order valence-corrected chi connectivity index (χ3v) is 5.66. The van der Waals surface area contributed by atoms with Crippen LogP contribution in [0.4, 0.5) is 5.82 Å². The molecule has 2 N–H and O–H groups in total. The lowest BCUT2D eigenvalue weighted by molar-refractivity contribution is -0.120. The summed E-state index contributed by atoms with van der Waals surface area (Å²) in [4.78, 5) is 20.3. The number of hydrogen-bond acceptors (Lipinski definition) is 7. The molecule has 8 nitrogen and oxygen atoms in total. The zero-order valence-corrected chi connectivity index (χ0v) is 19.2. The van der Waals surface area contributed by atoms with Crippen molar-refractivity contribution in [1.82, 2.24) is 25.1 Å². The lowest BCUT2D eigenvalue weighted by Gasteiger charge is -2.46. The molecule has 3 heterocycles. The molecule has 8 heteroatoms. The predicted octanol–water partition coefficient (Wildman–Crippen LogP) is 3.80. The maximum Gasteiger partial charge on any atom is 0.298 e. The molecule has 1 aromatic carbocycles. The zero-order chi connectivity index (χ0) is 22.9. The Kier molecular flexibility index (Phi) is 5.73. The lowest BCUT2D eigenvalue weighted by atomic mass is 9.79. The van der Waals surface area contributed by atoms with Crippen molar-refractivity contribution >= 4 is 12.3 Å². The first-order valence-electron chi connectivity index (χ1n) is 10.8. The van der Waals surface area contributed by atoms with E-state index in [0.717, 1.165) is 29.8 Å². The van der Waals surface area contributed by atoms with E-state index in [4.69, 9.17) is 4.74 Å². The molecular weight excluding hydrogens is 404 g/mol. The first-order valence-corrected chi connectivity index (χ1v) is 10.8. The van der Waals surface area contributed by atoms with Gasteiger partial charge in [0.2, 0.25) is 0 Å². The van der Waals surface area contributed by atoms with Crippen LogP contribution in [-0.4, -0.2) is 43.3 Å². The highest BCUT2D eigenvalue weighted by Crippen LogP contribution is 2.34. The van der Waals surface area contributed by atoms with E-state index in [1.54, 1.807) is 23.3 Å². The molecule has 1 aliphatic rings. The van der Waals surface area contributed by atoms with Crippen LogP contribution in [0.3, 0.4) is 0 Å². The largest absolute Gasteiger partial charge is 0.428 e. The minimum Gasteiger partial charge on any atom is -0.428 e. The summed E-state index contributed by atoms with van der Waals surface area (Å²) in [5.41, 5.74) is 3.27. The number of aromatic nitrogens is 4. The van der Waals surface area contributed by atoms with Gasteiger partial charge in [-0.15, -0.1) is 0 Å². The van der Waals surface area contributed by atoms with Gasteiger partial charge in [0, 0.05) is 41.5 Å². The molecule has 1 aliphatic heterocycles. The molecule has 168 valence electrons. The molecule has 0 amide bonds. The van der Waals surface area contributed by atoms with Crippen LogP contribution in [0.25, 0.3) is 22.4 Å². The van der Waals surface area contributed by atoms with E-state index in [9.17, 15) is 4.79 Å². The monoisotopic (exact) mass is 434 g/mol. The summed E-state index contributed by atoms with van der Waals surface area (Å²) >= 11 is 0. The van der Waals surface area contributed by atoms with Crippen LogP contribution < -0.4 is 15.4 Å². The Morgan fingerprint density at radius 1 is 1.09 bits per heavy atom. The maximum absolute atomic E-state index is 11.1. The van der Waals surface area contributed by atoms with E-state index in [-0.39, 0.29) is 11.1 Å². The van der Waals surface area contributed by atoms with Gasteiger partial charge in [0.15, 0.2) is 0 Å². The summed E-state index contributed by atoms with van der Waals surface area (Å²) in [5.74, 6) is 1.16. The normalized spacial score (nSPS) is 17.7. The molecule has 32 heavy (non-hydrogen) atoms. The van der Waals surface area contributed by atoms with Gasteiger partial charge in [-0.25, -0.2) is 4.98 Å². The average Bonchev–Trinajstić information content (AvgIpc) is 3.13. The number of carbonyl (C=O) groups is 1. The highest BCUT2D eigenvalue weighted by atomic mass is 16.5. The summed E-state index contributed by atoms with van der Waals surface area (Å²) < 4.78 is 6.99. The van der Waals surface area contributed by atoms with Gasteiger partial charge in [0.25, 0.3) is 6.47 Å². The van der Waals surface area contributed by atoms with Gasteiger partial charge in [-0.2, -0.15) is 5.10 Å². The summed E-state index contributed by atoms with van der Waals surface area (Å²) in [6, 6.07) is 5.95. The fourth-order valence-electron chi connectivity index (χ4n) is 4.81. The number of carbonyl (C=O) groups excluding carboxylic acids is 1. The maximum atomic E-state index is 11.1. The summed E-state index contributed by atoms with van der Waals surface area (Å²) in [6.45, 7) is 9.32. The number of aryl methyl sites for hydroxylation is 1. The molecule has 1 saturated heterocycles. The summed E-state index contributed by atoms with van der Waals surface area (Å²) in [5, 5.41) is 11.4. The molecule has 0 unspecified atom stereocenters. The predicted molar refractivity (Wildman–Crippen MR) is 124 cm³/mol. The van der Waals surface area contributed by atoms with Crippen molar-refractivity contribution in [3.63, 3.8) is 0 Å². The molecule has 0 saturated carbocycles. The van der Waals surface area contributed by atoms with Crippen LogP contribution in [0, 0.1) is 0 Å². The molecule has 0 spiro atoms. The highest BCUT2D eigenvalue weighted by molar-refractivity contribution is 5.75. The Bertz CT molecular complexity index is 1090. The molecule has 3 aromatic rings. The smallest absolute Gasteiger partial charge is 0.298 e. The van der Waals surface area contributed by atoms with Gasteiger partial charge >= 0.3 is 0 Å². The second-order valence-electron chi connectivity index (χ2n) is 9.76. The number of rotatable bonds is 6. The highest BCUT2D eigenvalue weighted by Gasteiger charge is 2.37. The van der Waals surface area contributed by atoms with Crippen LogP contribution in [-0.2, 0) is 11.8 Å². The van der Waals surface area contributed by atoms with Gasteiger partial charge in [-0.05, 0) is 58.2 Å². The van der Waals surface area contributed by atoms with Crippen molar-refractivity contribution in [1.29, 1.82) is 0 Å². The molecular formula is C24H30N6O2. The van der Waals surface area contributed by atoms with Crippen LogP contribution in [0.5, 0.6) is 5.75 Å².